The van der Waals surface area contributed by atoms with E-state index in [9.17, 15) is 4.39 Å². The molecule has 1 heterocycles. The molecule has 0 spiro atoms. The largest absolute Gasteiger partial charge is 0.369 e. The molecule has 20 heavy (non-hydrogen) atoms. The minimum atomic E-state index is -0.299. The van der Waals surface area contributed by atoms with Crippen LogP contribution < -0.4 is 10.6 Å². The zero-order chi connectivity index (χ0) is 14.1. The normalized spacial score (nSPS) is 18.2. The summed E-state index contributed by atoms with van der Waals surface area (Å²) in [4.78, 5) is 6.09. The number of halogens is 2. The summed E-state index contributed by atoms with van der Waals surface area (Å²) < 4.78 is 13.4. The molecule has 0 saturated carbocycles. The van der Waals surface area contributed by atoms with Crippen LogP contribution in [-0.4, -0.2) is 12.5 Å². The SMILES string of the molecule is NC1=NCC(c2cccc(Cl)c2)N1c1cccc(F)c1. The molecule has 0 fully saturated rings. The average molecular weight is 290 g/mol. The van der Waals surface area contributed by atoms with Crippen molar-refractivity contribution in [2.24, 2.45) is 10.7 Å². The number of aliphatic imine (C=N–C) groups is 1. The molecule has 2 N–H and O–H groups in total. The third kappa shape index (κ3) is 2.34. The Morgan fingerprint density at radius 1 is 1.20 bits per heavy atom. The maximum absolute atomic E-state index is 13.4. The minimum absolute atomic E-state index is 0.0597. The highest BCUT2D eigenvalue weighted by Crippen LogP contribution is 2.32. The predicted octanol–water partition coefficient (Wildman–Crippen LogP) is 3.36. The van der Waals surface area contributed by atoms with E-state index in [4.69, 9.17) is 17.3 Å². The van der Waals surface area contributed by atoms with E-state index in [1.165, 1.54) is 12.1 Å². The molecule has 102 valence electrons. The molecular formula is C15H13ClFN3. The van der Waals surface area contributed by atoms with Gasteiger partial charge in [-0.3, -0.25) is 4.99 Å². The lowest BCUT2D eigenvalue weighted by Crippen LogP contribution is -2.36. The number of rotatable bonds is 2. The highest BCUT2D eigenvalue weighted by atomic mass is 35.5. The van der Waals surface area contributed by atoms with Gasteiger partial charge in [-0.1, -0.05) is 29.8 Å². The van der Waals surface area contributed by atoms with Crippen molar-refractivity contribution in [1.29, 1.82) is 0 Å². The smallest absolute Gasteiger partial charge is 0.196 e. The Balaban J connectivity index is 2.00. The molecule has 0 saturated heterocycles. The van der Waals surface area contributed by atoms with Crippen molar-refractivity contribution in [3.63, 3.8) is 0 Å². The number of hydrogen-bond acceptors (Lipinski definition) is 3. The van der Waals surface area contributed by atoms with Crippen molar-refractivity contribution < 1.29 is 4.39 Å². The van der Waals surface area contributed by atoms with E-state index in [1.807, 2.05) is 35.2 Å². The molecular weight excluding hydrogens is 277 g/mol. The molecule has 1 aliphatic rings. The Morgan fingerprint density at radius 2 is 2.00 bits per heavy atom. The van der Waals surface area contributed by atoms with E-state index >= 15 is 0 Å². The fourth-order valence-corrected chi connectivity index (χ4v) is 2.60. The number of nitrogens with zero attached hydrogens (tertiary/aromatic N) is 2. The van der Waals surface area contributed by atoms with Crippen LogP contribution in [0.2, 0.25) is 5.02 Å². The van der Waals surface area contributed by atoms with Gasteiger partial charge in [-0.05, 0) is 35.9 Å². The van der Waals surface area contributed by atoms with Crippen molar-refractivity contribution >= 4 is 23.2 Å². The van der Waals surface area contributed by atoms with Crippen LogP contribution in [0.5, 0.6) is 0 Å². The highest BCUT2D eigenvalue weighted by Gasteiger charge is 2.29. The molecule has 2 aromatic carbocycles. The van der Waals surface area contributed by atoms with Gasteiger partial charge in [0.05, 0.1) is 12.6 Å². The van der Waals surface area contributed by atoms with Crippen molar-refractivity contribution in [3.8, 4) is 0 Å². The van der Waals surface area contributed by atoms with Gasteiger partial charge in [0, 0.05) is 10.7 Å². The maximum atomic E-state index is 13.4. The summed E-state index contributed by atoms with van der Waals surface area (Å²) in [7, 11) is 0. The van der Waals surface area contributed by atoms with Crippen LogP contribution >= 0.6 is 11.6 Å². The first-order valence-electron chi connectivity index (χ1n) is 6.25. The summed E-state index contributed by atoms with van der Waals surface area (Å²) in [6.45, 7) is 0.530. The minimum Gasteiger partial charge on any atom is -0.369 e. The summed E-state index contributed by atoms with van der Waals surface area (Å²) in [5.74, 6) is 0.0904. The fourth-order valence-electron chi connectivity index (χ4n) is 2.40. The van der Waals surface area contributed by atoms with Gasteiger partial charge in [-0.2, -0.15) is 0 Å². The van der Waals surface area contributed by atoms with Gasteiger partial charge in [-0.25, -0.2) is 4.39 Å². The van der Waals surface area contributed by atoms with E-state index in [0.717, 1.165) is 5.56 Å². The van der Waals surface area contributed by atoms with Gasteiger partial charge < -0.3 is 10.6 Å². The molecule has 0 bridgehead atoms. The van der Waals surface area contributed by atoms with Crippen LogP contribution in [0.15, 0.2) is 53.5 Å². The molecule has 1 unspecified atom stereocenters. The fraction of sp³-hybridized carbons (Fsp3) is 0.133. The summed E-state index contributed by atoms with van der Waals surface area (Å²) in [6.07, 6.45) is 0. The maximum Gasteiger partial charge on any atom is 0.196 e. The Kier molecular flexibility index (Phi) is 3.32. The monoisotopic (exact) mass is 289 g/mol. The van der Waals surface area contributed by atoms with Crippen LogP contribution in [0, 0.1) is 5.82 Å². The van der Waals surface area contributed by atoms with Gasteiger partial charge in [-0.15, -0.1) is 0 Å². The topological polar surface area (TPSA) is 41.6 Å². The first-order chi connectivity index (χ1) is 9.65. The highest BCUT2D eigenvalue weighted by molar-refractivity contribution is 6.30. The summed E-state index contributed by atoms with van der Waals surface area (Å²) in [5, 5.41) is 0.659. The Morgan fingerprint density at radius 3 is 2.75 bits per heavy atom. The number of anilines is 1. The average Bonchev–Trinajstić information content (AvgIpc) is 2.80. The van der Waals surface area contributed by atoms with Gasteiger partial charge in [0.15, 0.2) is 5.96 Å². The molecule has 0 aromatic heterocycles. The lowest BCUT2D eigenvalue weighted by Gasteiger charge is -2.26. The van der Waals surface area contributed by atoms with Crippen molar-refractivity contribution in [2.45, 2.75) is 6.04 Å². The standard InChI is InChI=1S/C15H13ClFN3/c16-11-4-1-3-10(7-11)14-9-19-15(18)20(14)13-6-2-5-12(17)8-13/h1-8,14H,9H2,(H2,18,19). The van der Waals surface area contributed by atoms with Gasteiger partial charge >= 0.3 is 0 Å². The van der Waals surface area contributed by atoms with E-state index in [-0.39, 0.29) is 11.9 Å². The van der Waals surface area contributed by atoms with Crippen LogP contribution in [-0.2, 0) is 0 Å². The molecule has 1 atom stereocenters. The molecule has 0 radical (unpaired) electrons. The summed E-state index contributed by atoms with van der Waals surface area (Å²) in [6, 6.07) is 13.8. The van der Waals surface area contributed by atoms with E-state index in [0.29, 0.717) is 23.2 Å². The van der Waals surface area contributed by atoms with Crippen LogP contribution in [0.1, 0.15) is 11.6 Å². The van der Waals surface area contributed by atoms with Crippen LogP contribution in [0.4, 0.5) is 10.1 Å². The molecule has 0 aliphatic carbocycles. The third-order valence-corrected chi connectivity index (χ3v) is 3.54. The van der Waals surface area contributed by atoms with Gasteiger partial charge in [0.25, 0.3) is 0 Å². The summed E-state index contributed by atoms with van der Waals surface area (Å²) >= 11 is 6.03. The first-order valence-corrected chi connectivity index (χ1v) is 6.63. The number of nitrogens with two attached hydrogens (primary N) is 1. The van der Waals surface area contributed by atoms with Crippen molar-refractivity contribution in [1.82, 2.24) is 0 Å². The molecule has 3 nitrogen and oxygen atoms in total. The van der Waals surface area contributed by atoms with Gasteiger partial charge in [0.1, 0.15) is 5.82 Å². The second-order valence-corrected chi connectivity index (χ2v) is 5.06. The van der Waals surface area contributed by atoms with Gasteiger partial charge in [0.2, 0.25) is 0 Å². The zero-order valence-electron chi connectivity index (χ0n) is 10.6. The first kappa shape index (κ1) is 12.9. The van der Waals surface area contributed by atoms with Crippen molar-refractivity contribution in [3.05, 3.63) is 64.9 Å². The molecule has 0 amide bonds. The quantitative estimate of drug-likeness (QED) is 0.921. The molecule has 3 rings (SSSR count). The van der Waals surface area contributed by atoms with Crippen LogP contribution in [0.3, 0.4) is 0 Å². The Labute approximate surface area is 121 Å². The van der Waals surface area contributed by atoms with Crippen LogP contribution in [0.25, 0.3) is 0 Å². The second-order valence-electron chi connectivity index (χ2n) is 4.62. The second kappa shape index (κ2) is 5.13. The number of hydrogen-bond donors (Lipinski definition) is 1. The Hall–Kier alpha value is -2.07. The van der Waals surface area contributed by atoms with E-state index in [2.05, 4.69) is 4.99 Å². The molecule has 2 aromatic rings. The predicted molar refractivity (Wildman–Crippen MR) is 79.6 cm³/mol. The summed E-state index contributed by atoms with van der Waals surface area (Å²) in [5.41, 5.74) is 7.64. The lowest BCUT2D eigenvalue weighted by molar-refractivity contribution is 0.626. The third-order valence-electron chi connectivity index (χ3n) is 3.30. The van der Waals surface area contributed by atoms with E-state index in [1.54, 1.807) is 6.07 Å². The number of guanidine groups is 1. The Bertz CT molecular complexity index is 672. The van der Waals surface area contributed by atoms with E-state index < -0.39 is 0 Å². The van der Waals surface area contributed by atoms with Crippen molar-refractivity contribution in [2.75, 3.05) is 11.4 Å². The molecule has 1 aliphatic heterocycles. The zero-order valence-corrected chi connectivity index (χ0v) is 11.4. The molecule has 5 heteroatoms. The number of benzene rings is 2. The lowest BCUT2D eigenvalue weighted by atomic mass is 10.1.